The van der Waals surface area contributed by atoms with Crippen molar-refractivity contribution in [1.82, 2.24) is 9.88 Å². The first-order valence-corrected chi connectivity index (χ1v) is 8.55. The molecule has 1 N–H and O–H groups in total. The van der Waals surface area contributed by atoms with Gasteiger partial charge in [-0.1, -0.05) is 12.1 Å². The van der Waals surface area contributed by atoms with Gasteiger partial charge in [0.2, 0.25) is 0 Å². The highest BCUT2D eigenvalue weighted by molar-refractivity contribution is 5.96. The molecule has 0 atom stereocenters. The number of nitrogens with one attached hydrogen (secondary N) is 1. The molecule has 1 aliphatic rings. The second-order valence-electron chi connectivity index (χ2n) is 6.35. The Kier molecular flexibility index (Phi) is 4.21. The lowest BCUT2D eigenvalue weighted by Gasteiger charge is -2.26. The van der Waals surface area contributed by atoms with Crippen LogP contribution in [0.15, 0.2) is 54.7 Å². The monoisotopic (exact) mass is 350 g/mol. The van der Waals surface area contributed by atoms with Crippen molar-refractivity contribution >= 4 is 22.4 Å². The van der Waals surface area contributed by atoms with Crippen LogP contribution in [0, 0.1) is 5.82 Å². The fourth-order valence-corrected chi connectivity index (χ4v) is 3.40. The van der Waals surface area contributed by atoms with Crippen LogP contribution < -0.4 is 4.74 Å². The molecule has 0 fully saturated rings. The lowest BCUT2D eigenvalue weighted by Crippen LogP contribution is -2.34. The van der Waals surface area contributed by atoms with Crippen LogP contribution in [-0.2, 0) is 0 Å². The van der Waals surface area contributed by atoms with Crippen molar-refractivity contribution in [2.24, 2.45) is 0 Å². The third-order valence-electron chi connectivity index (χ3n) is 4.80. The number of H-pyrrole nitrogens is 1. The molecule has 0 unspecified atom stereocenters. The summed E-state index contributed by atoms with van der Waals surface area (Å²) in [6.45, 7) is 1.16. The second-order valence-corrected chi connectivity index (χ2v) is 6.35. The first-order valence-electron chi connectivity index (χ1n) is 8.55. The Balaban J connectivity index is 1.56. The molecule has 0 aliphatic carbocycles. The summed E-state index contributed by atoms with van der Waals surface area (Å²) in [6, 6.07) is 11.9. The van der Waals surface area contributed by atoms with Gasteiger partial charge < -0.3 is 14.6 Å². The predicted octanol–water partition coefficient (Wildman–Crippen LogP) is 4.25. The molecule has 0 bridgehead atoms. The van der Waals surface area contributed by atoms with Gasteiger partial charge in [0, 0.05) is 41.3 Å². The number of hydrogen-bond donors (Lipinski definition) is 1. The normalized spacial score (nSPS) is 14.4. The fourth-order valence-electron chi connectivity index (χ4n) is 3.40. The van der Waals surface area contributed by atoms with Gasteiger partial charge in [-0.05, 0) is 48.4 Å². The molecule has 1 aromatic heterocycles. The van der Waals surface area contributed by atoms with E-state index in [-0.39, 0.29) is 11.7 Å². The Bertz CT molecular complexity index is 1010. The van der Waals surface area contributed by atoms with Crippen molar-refractivity contribution in [2.45, 2.75) is 6.42 Å². The summed E-state index contributed by atoms with van der Waals surface area (Å²) in [5.74, 6) is 0.415. The number of fused-ring (bicyclic) bond motifs is 1. The minimum Gasteiger partial charge on any atom is -0.497 e. The Morgan fingerprint density at radius 2 is 2.12 bits per heavy atom. The molecule has 2 heterocycles. The highest BCUT2D eigenvalue weighted by atomic mass is 19.1. The van der Waals surface area contributed by atoms with Crippen LogP contribution in [0.4, 0.5) is 4.39 Å². The molecule has 0 spiro atoms. The zero-order chi connectivity index (χ0) is 18.1. The molecule has 26 heavy (non-hydrogen) atoms. The molecular weight excluding hydrogens is 331 g/mol. The first-order chi connectivity index (χ1) is 12.7. The van der Waals surface area contributed by atoms with Gasteiger partial charge in [-0.2, -0.15) is 0 Å². The number of aromatic nitrogens is 1. The van der Waals surface area contributed by atoms with Crippen molar-refractivity contribution in [3.8, 4) is 5.75 Å². The van der Waals surface area contributed by atoms with E-state index in [2.05, 4.69) is 11.1 Å². The molecule has 4 rings (SSSR count). The summed E-state index contributed by atoms with van der Waals surface area (Å²) in [4.78, 5) is 17.7. The van der Waals surface area contributed by atoms with E-state index in [1.807, 2.05) is 23.2 Å². The van der Waals surface area contributed by atoms with Crippen LogP contribution in [0.1, 0.15) is 22.3 Å². The quantitative estimate of drug-likeness (QED) is 0.768. The summed E-state index contributed by atoms with van der Waals surface area (Å²) in [6.07, 6.45) is 4.70. The van der Waals surface area contributed by atoms with Crippen LogP contribution in [0.25, 0.3) is 16.5 Å². The molecule has 5 heteroatoms. The number of rotatable bonds is 3. The number of aromatic amines is 1. The maximum atomic E-state index is 13.6. The van der Waals surface area contributed by atoms with Gasteiger partial charge in [0.05, 0.1) is 7.11 Å². The van der Waals surface area contributed by atoms with E-state index in [4.69, 9.17) is 4.74 Å². The molecule has 2 aromatic carbocycles. The molecule has 0 saturated carbocycles. The zero-order valence-electron chi connectivity index (χ0n) is 14.5. The van der Waals surface area contributed by atoms with E-state index in [1.165, 1.54) is 6.07 Å². The summed E-state index contributed by atoms with van der Waals surface area (Å²) >= 11 is 0. The van der Waals surface area contributed by atoms with Crippen molar-refractivity contribution in [2.75, 3.05) is 20.2 Å². The summed E-state index contributed by atoms with van der Waals surface area (Å²) in [5.41, 5.74) is 3.68. The summed E-state index contributed by atoms with van der Waals surface area (Å²) in [7, 11) is 1.59. The Hall–Kier alpha value is -3.08. The topological polar surface area (TPSA) is 45.3 Å². The third kappa shape index (κ3) is 2.96. The zero-order valence-corrected chi connectivity index (χ0v) is 14.5. The van der Waals surface area contributed by atoms with Crippen LogP contribution in [0.5, 0.6) is 5.75 Å². The van der Waals surface area contributed by atoms with Crippen LogP contribution in [0.3, 0.4) is 0 Å². The highest BCUT2D eigenvalue weighted by Gasteiger charge is 2.21. The van der Waals surface area contributed by atoms with Gasteiger partial charge in [0.15, 0.2) is 0 Å². The van der Waals surface area contributed by atoms with Gasteiger partial charge in [0.1, 0.15) is 11.6 Å². The van der Waals surface area contributed by atoms with E-state index in [9.17, 15) is 9.18 Å². The molecule has 4 nitrogen and oxygen atoms in total. The lowest BCUT2D eigenvalue weighted by atomic mass is 9.98. The largest absolute Gasteiger partial charge is 0.497 e. The van der Waals surface area contributed by atoms with Gasteiger partial charge in [-0.25, -0.2) is 4.39 Å². The summed E-state index contributed by atoms with van der Waals surface area (Å²) < 4.78 is 18.8. The van der Waals surface area contributed by atoms with E-state index < -0.39 is 0 Å². The molecule has 1 aliphatic heterocycles. The van der Waals surface area contributed by atoms with Gasteiger partial charge in [0.25, 0.3) is 5.91 Å². The van der Waals surface area contributed by atoms with E-state index in [1.54, 1.807) is 31.4 Å². The molecule has 3 aromatic rings. The minimum absolute atomic E-state index is 0.0100. The number of carbonyl (C=O) groups is 1. The lowest BCUT2D eigenvalue weighted by molar-refractivity contribution is 0.0772. The van der Waals surface area contributed by atoms with Crippen molar-refractivity contribution in [3.05, 3.63) is 71.7 Å². The minimum atomic E-state index is -0.246. The average Bonchev–Trinajstić information content (AvgIpc) is 3.10. The van der Waals surface area contributed by atoms with Gasteiger partial charge >= 0.3 is 0 Å². The van der Waals surface area contributed by atoms with Gasteiger partial charge in [-0.15, -0.1) is 0 Å². The number of halogens is 1. The maximum Gasteiger partial charge on any atom is 0.254 e. The van der Waals surface area contributed by atoms with E-state index in [0.717, 1.165) is 28.5 Å². The number of hydrogen-bond acceptors (Lipinski definition) is 2. The van der Waals surface area contributed by atoms with Crippen molar-refractivity contribution < 1.29 is 13.9 Å². The molecule has 0 radical (unpaired) electrons. The predicted molar refractivity (Wildman–Crippen MR) is 99.7 cm³/mol. The Morgan fingerprint density at radius 3 is 2.88 bits per heavy atom. The van der Waals surface area contributed by atoms with Crippen LogP contribution >= 0.6 is 0 Å². The van der Waals surface area contributed by atoms with E-state index in [0.29, 0.717) is 24.4 Å². The number of benzene rings is 2. The van der Waals surface area contributed by atoms with Gasteiger partial charge in [-0.3, -0.25) is 4.79 Å². The van der Waals surface area contributed by atoms with E-state index >= 15 is 0 Å². The SMILES string of the molecule is COc1cccc(C(=O)N2CC=C(c3c[nH]c4ccc(F)cc34)CC2)c1. The number of nitrogens with zero attached hydrogens (tertiary/aromatic N) is 1. The molecular formula is C21H19FN2O2. The van der Waals surface area contributed by atoms with Crippen molar-refractivity contribution in [3.63, 3.8) is 0 Å². The summed E-state index contributed by atoms with van der Waals surface area (Å²) in [5, 5.41) is 0.879. The molecule has 132 valence electrons. The Morgan fingerprint density at radius 1 is 1.23 bits per heavy atom. The number of carbonyl (C=O) groups excluding carboxylic acids is 1. The fraction of sp³-hybridized carbons (Fsp3) is 0.190. The average molecular weight is 350 g/mol. The molecule has 0 saturated heterocycles. The number of ether oxygens (including phenoxy) is 1. The maximum absolute atomic E-state index is 13.6. The molecule has 1 amide bonds. The van der Waals surface area contributed by atoms with Crippen LogP contribution in [0.2, 0.25) is 0 Å². The number of methoxy groups -OCH3 is 1. The van der Waals surface area contributed by atoms with Crippen molar-refractivity contribution in [1.29, 1.82) is 0 Å². The standard InChI is InChI=1S/C21H19FN2O2/c1-26-17-4-2-3-15(11-17)21(25)24-9-7-14(8-10-24)19-13-23-20-6-5-16(22)12-18(19)20/h2-7,11-13,23H,8-10H2,1H3. The Labute approximate surface area is 150 Å². The number of amides is 1. The third-order valence-corrected chi connectivity index (χ3v) is 4.80. The van der Waals surface area contributed by atoms with Crippen LogP contribution in [-0.4, -0.2) is 36.0 Å². The smallest absolute Gasteiger partial charge is 0.254 e. The first kappa shape index (κ1) is 16.4. The highest BCUT2D eigenvalue weighted by Crippen LogP contribution is 2.30. The second kappa shape index (κ2) is 6.67.